The molecule has 0 aromatic heterocycles. The quantitative estimate of drug-likeness (QED) is 0.134. The normalized spacial score (nSPS) is 15.2. The van der Waals surface area contributed by atoms with E-state index in [1.165, 1.54) is 26.0 Å². The average molecular weight is 935 g/mol. The topological polar surface area (TPSA) is 35.5 Å². The third kappa shape index (κ3) is 7.11. The van der Waals surface area contributed by atoms with E-state index in [1.807, 2.05) is 0 Å². The number of hydrogen-bond donors (Lipinski definition) is 0. The van der Waals surface area contributed by atoms with E-state index in [0.717, 1.165) is 72.8 Å². The molecule has 60 heavy (non-hydrogen) atoms. The molecule has 0 aliphatic heterocycles. The lowest BCUT2D eigenvalue weighted by Crippen LogP contribution is -2.78. The van der Waals surface area contributed by atoms with E-state index in [1.54, 1.807) is 0 Å². The van der Waals surface area contributed by atoms with Gasteiger partial charge in [0.15, 0.2) is 0 Å². The highest BCUT2D eigenvalue weighted by molar-refractivity contribution is 8.30. The van der Waals surface area contributed by atoms with Crippen LogP contribution in [0.3, 0.4) is 0 Å². The fourth-order valence-corrected chi connectivity index (χ4v) is 7.85. The van der Waals surface area contributed by atoms with Crippen molar-refractivity contribution in [3.05, 3.63) is 84.9 Å². The van der Waals surface area contributed by atoms with Gasteiger partial charge < -0.3 is 8.92 Å². The second kappa shape index (κ2) is 15.2. The van der Waals surface area contributed by atoms with Gasteiger partial charge in [-0.15, -0.1) is 0 Å². The maximum Gasteiger partial charge on any atom is 0.460 e. The third-order valence-electron chi connectivity index (χ3n) is 8.04. The van der Waals surface area contributed by atoms with Crippen LogP contribution in [0.15, 0.2) is 99.6 Å². The molecule has 0 saturated heterocycles. The first-order valence-electron chi connectivity index (χ1n) is 15.5. The van der Waals surface area contributed by atoms with Crippen LogP contribution in [-0.4, -0.2) is 77.5 Å². The van der Waals surface area contributed by atoms with Crippen LogP contribution in [0.1, 0.15) is 13.8 Å². The van der Waals surface area contributed by atoms with E-state index in [9.17, 15) is 88.2 Å². The Bertz CT molecular complexity index is 1930. The smallest absolute Gasteiger partial charge is 0.460 e. The number of carbonyl (C=O) groups is 1. The van der Waals surface area contributed by atoms with Crippen molar-refractivity contribution in [2.24, 2.45) is 0 Å². The Hall–Kier alpha value is -4.33. The summed E-state index contributed by atoms with van der Waals surface area (Å²) < 4.78 is 333. The lowest BCUT2D eigenvalue weighted by Gasteiger charge is -2.45. The summed E-state index contributed by atoms with van der Waals surface area (Å²) in [6.07, 6.45) is -8.72. The minimum absolute atomic E-state index is 0.0212. The minimum Gasteiger partial charge on any atom is -0.491 e. The van der Waals surface area contributed by atoms with Crippen molar-refractivity contribution >= 4 is 16.3 Å². The van der Waals surface area contributed by atoms with Crippen LogP contribution in [0.2, 0.25) is 0 Å². The summed E-state index contributed by atoms with van der Waals surface area (Å²) in [4.78, 5) is 11.5. The number of alkyl halides is 23. The van der Waals surface area contributed by atoms with Crippen LogP contribution < -0.4 is 4.74 Å². The molecule has 0 aliphatic carbocycles. The molecule has 0 aliphatic rings. The van der Waals surface area contributed by atoms with Crippen molar-refractivity contribution in [3.8, 4) is 5.75 Å². The van der Waals surface area contributed by atoms with Crippen molar-refractivity contribution in [2.75, 3.05) is 0 Å². The SMILES string of the molecule is CC(C)Oc1ccc(S(OC(=O)C(F)(F)C(F)(F)C(F)(F)C(F)(F)C(F)(F)C(F)(F)C(F)(F)C(F)(F)C(F)(F)C(F)(F)C(F)(F)F)(c2ccccc2)c2ccccc2)cc1. The highest BCUT2D eigenvalue weighted by Crippen LogP contribution is 2.71. The van der Waals surface area contributed by atoms with Gasteiger partial charge in [-0.05, 0) is 72.7 Å². The molecule has 0 heterocycles. The molecule has 0 spiro atoms. The van der Waals surface area contributed by atoms with Crippen molar-refractivity contribution in [2.45, 2.75) is 100 Å². The van der Waals surface area contributed by atoms with Crippen LogP contribution in [0.5, 0.6) is 5.75 Å². The lowest BCUT2D eigenvalue weighted by molar-refractivity contribution is -0.477. The second-order valence-electron chi connectivity index (χ2n) is 12.4. The Morgan fingerprint density at radius 1 is 0.417 bits per heavy atom. The van der Waals surface area contributed by atoms with Gasteiger partial charge in [0.05, 0.1) is 6.10 Å². The fourth-order valence-electron chi connectivity index (χ4n) is 4.81. The maximum absolute atomic E-state index is 15.4. The van der Waals surface area contributed by atoms with E-state index >= 15 is 17.6 Å². The first kappa shape index (κ1) is 50.0. The van der Waals surface area contributed by atoms with E-state index in [4.69, 9.17) is 8.92 Å². The van der Waals surface area contributed by atoms with Crippen LogP contribution in [0.25, 0.3) is 0 Å². The van der Waals surface area contributed by atoms with E-state index in [2.05, 4.69) is 0 Å². The summed E-state index contributed by atoms with van der Waals surface area (Å²) in [7, 11) is -4.44. The van der Waals surface area contributed by atoms with Gasteiger partial charge in [0.2, 0.25) is 0 Å². The molecule has 0 amide bonds. The van der Waals surface area contributed by atoms with Crippen LogP contribution in [0, 0.1) is 0 Å². The van der Waals surface area contributed by atoms with Crippen molar-refractivity contribution < 1.29 is 115 Å². The Morgan fingerprint density at radius 3 is 1.00 bits per heavy atom. The van der Waals surface area contributed by atoms with Gasteiger partial charge in [-0.1, -0.05) is 36.4 Å². The van der Waals surface area contributed by atoms with E-state index in [-0.39, 0.29) is 5.75 Å². The monoisotopic (exact) mass is 934 g/mol. The number of carbonyl (C=O) groups excluding carboxylic acids is 1. The van der Waals surface area contributed by atoms with Crippen molar-refractivity contribution in [3.63, 3.8) is 0 Å². The first-order valence-corrected chi connectivity index (χ1v) is 17.1. The molecule has 3 nitrogen and oxygen atoms in total. The third-order valence-corrected chi connectivity index (χ3v) is 11.2. The minimum atomic E-state index is -9.57. The molecule has 3 aromatic rings. The molecular weight excluding hydrogens is 913 g/mol. The van der Waals surface area contributed by atoms with Crippen LogP contribution in [0.4, 0.5) is 101 Å². The highest BCUT2D eigenvalue weighted by Gasteiger charge is 2.99. The van der Waals surface area contributed by atoms with Gasteiger partial charge in [-0.3, -0.25) is 0 Å². The summed E-state index contributed by atoms with van der Waals surface area (Å²) in [5, 5.41) is 0. The van der Waals surface area contributed by atoms with Crippen molar-refractivity contribution in [1.29, 1.82) is 0 Å². The molecule has 0 fully saturated rings. The number of halogens is 23. The average Bonchev–Trinajstić information content (AvgIpc) is 3.13. The molecule has 0 bridgehead atoms. The van der Waals surface area contributed by atoms with Gasteiger partial charge in [0.25, 0.3) is 0 Å². The molecule has 0 radical (unpaired) electrons. The molecule has 3 rings (SSSR count). The predicted octanol–water partition coefficient (Wildman–Crippen LogP) is 13.1. The van der Waals surface area contributed by atoms with Gasteiger partial charge in [0, 0.05) is 14.7 Å². The predicted molar refractivity (Wildman–Crippen MR) is 159 cm³/mol. The highest BCUT2D eigenvalue weighted by atomic mass is 32.3. The molecule has 0 atom stereocenters. The Balaban J connectivity index is 2.25. The fraction of sp³-hybridized carbons (Fsp3) is 0.424. The Morgan fingerprint density at radius 2 is 0.700 bits per heavy atom. The van der Waals surface area contributed by atoms with Gasteiger partial charge in [-0.2, -0.15) is 101 Å². The maximum atomic E-state index is 15.4. The summed E-state index contributed by atoms with van der Waals surface area (Å²) in [6.45, 7) is 3.02. The number of rotatable bonds is 16. The molecule has 0 N–H and O–H groups in total. The first-order chi connectivity index (χ1) is 26.7. The summed E-state index contributed by atoms with van der Waals surface area (Å²) in [5.41, 5.74) is 0. The van der Waals surface area contributed by atoms with Crippen molar-refractivity contribution in [1.82, 2.24) is 0 Å². The summed E-state index contributed by atoms with van der Waals surface area (Å²) in [6, 6.07) is 14.4. The molecule has 0 unspecified atom stereocenters. The van der Waals surface area contributed by atoms with Crippen LogP contribution >= 0.6 is 10.3 Å². The summed E-state index contributed by atoms with van der Waals surface area (Å²) in [5.74, 6) is -94.7. The molecule has 0 saturated carbocycles. The Kier molecular flexibility index (Phi) is 12.7. The van der Waals surface area contributed by atoms with E-state index in [0.29, 0.717) is 0 Å². The zero-order valence-corrected chi connectivity index (χ0v) is 29.8. The zero-order chi connectivity index (χ0) is 46.8. The molecule has 3 aromatic carbocycles. The van der Waals surface area contributed by atoms with Gasteiger partial charge >= 0.3 is 71.4 Å². The molecule has 338 valence electrons. The van der Waals surface area contributed by atoms with Crippen LogP contribution in [-0.2, 0) is 8.98 Å². The molecule has 27 heteroatoms. The van der Waals surface area contributed by atoms with E-state index < -0.39 is 102 Å². The zero-order valence-electron chi connectivity index (χ0n) is 29.0. The number of hydrogen-bond acceptors (Lipinski definition) is 3. The number of ether oxygens (including phenoxy) is 1. The number of benzene rings is 3. The largest absolute Gasteiger partial charge is 0.491 e. The lowest BCUT2D eigenvalue weighted by atomic mass is 9.85. The Labute approximate surface area is 321 Å². The summed E-state index contributed by atoms with van der Waals surface area (Å²) >= 11 is 0. The second-order valence-corrected chi connectivity index (χ2v) is 15.1. The standard InChI is InChI=1S/C33H21F23O3S/c1-17(2)58-18-13-15-21(16-14-18)60(19-9-5-3-6-10-19,20-11-7-4-8-12-20)59-22(57)23(34,35)24(36,37)25(38,39)26(40,41)27(42,43)28(44,45)29(46,47)30(48,49)31(50,51)32(52,53)33(54,55)56/h3-17H,1-2H3. The van der Waals surface area contributed by atoms with Gasteiger partial charge in [-0.25, -0.2) is 4.79 Å². The molecular formula is C33H21F23O3S. The van der Waals surface area contributed by atoms with Gasteiger partial charge in [0.1, 0.15) is 5.75 Å².